The molecule has 0 spiro atoms. The molecule has 16 heavy (non-hydrogen) atoms. The maximum Gasteiger partial charge on any atom is 0.129 e. The molecular formula is C13H12FNO. The SMILES string of the molecule is Nc1cccc(C(O)c2ccccc2F)c1. The highest BCUT2D eigenvalue weighted by Crippen LogP contribution is 2.25. The number of halogens is 1. The van der Waals surface area contributed by atoms with Gasteiger partial charge < -0.3 is 10.8 Å². The van der Waals surface area contributed by atoms with Crippen molar-refractivity contribution in [3.63, 3.8) is 0 Å². The number of hydrogen-bond acceptors (Lipinski definition) is 2. The molecule has 0 saturated heterocycles. The highest BCUT2D eigenvalue weighted by molar-refractivity contribution is 5.43. The second kappa shape index (κ2) is 4.33. The van der Waals surface area contributed by atoms with Crippen LogP contribution in [-0.4, -0.2) is 5.11 Å². The molecule has 0 amide bonds. The van der Waals surface area contributed by atoms with Crippen LogP contribution in [0.2, 0.25) is 0 Å². The first-order chi connectivity index (χ1) is 7.68. The predicted octanol–water partition coefficient (Wildman–Crippen LogP) is 2.49. The van der Waals surface area contributed by atoms with Crippen molar-refractivity contribution in [3.05, 3.63) is 65.5 Å². The number of hydrogen-bond donors (Lipinski definition) is 2. The molecule has 3 N–H and O–H groups in total. The number of benzene rings is 2. The maximum atomic E-state index is 13.4. The van der Waals surface area contributed by atoms with Crippen LogP contribution >= 0.6 is 0 Å². The fourth-order valence-corrected chi connectivity index (χ4v) is 1.61. The number of rotatable bonds is 2. The lowest BCUT2D eigenvalue weighted by molar-refractivity contribution is 0.215. The number of nitrogen functional groups attached to an aromatic ring is 1. The van der Waals surface area contributed by atoms with E-state index in [9.17, 15) is 9.50 Å². The van der Waals surface area contributed by atoms with Crippen LogP contribution in [0, 0.1) is 5.82 Å². The van der Waals surface area contributed by atoms with E-state index in [0.717, 1.165) is 0 Å². The summed E-state index contributed by atoms with van der Waals surface area (Å²) in [6, 6.07) is 13.0. The van der Waals surface area contributed by atoms with E-state index in [1.807, 2.05) is 0 Å². The quantitative estimate of drug-likeness (QED) is 0.759. The molecule has 0 aliphatic heterocycles. The summed E-state index contributed by atoms with van der Waals surface area (Å²) in [6.45, 7) is 0. The Morgan fingerprint density at radius 2 is 1.81 bits per heavy atom. The molecule has 1 unspecified atom stereocenters. The van der Waals surface area contributed by atoms with Gasteiger partial charge in [-0.25, -0.2) is 4.39 Å². The van der Waals surface area contributed by atoms with Gasteiger partial charge in [0.1, 0.15) is 11.9 Å². The molecule has 1 atom stereocenters. The van der Waals surface area contributed by atoms with Crippen molar-refractivity contribution in [2.75, 3.05) is 5.73 Å². The molecule has 0 aliphatic carbocycles. The van der Waals surface area contributed by atoms with Gasteiger partial charge in [0, 0.05) is 11.3 Å². The minimum atomic E-state index is -0.982. The third kappa shape index (κ3) is 2.04. The highest BCUT2D eigenvalue weighted by atomic mass is 19.1. The van der Waals surface area contributed by atoms with Crippen LogP contribution < -0.4 is 5.73 Å². The summed E-state index contributed by atoms with van der Waals surface area (Å²) in [5.74, 6) is -0.419. The Morgan fingerprint density at radius 3 is 2.50 bits per heavy atom. The first-order valence-corrected chi connectivity index (χ1v) is 4.96. The zero-order valence-corrected chi connectivity index (χ0v) is 8.60. The maximum absolute atomic E-state index is 13.4. The molecular weight excluding hydrogens is 205 g/mol. The van der Waals surface area contributed by atoms with Gasteiger partial charge in [0.15, 0.2) is 0 Å². The Balaban J connectivity index is 2.39. The van der Waals surface area contributed by atoms with Gasteiger partial charge in [-0.2, -0.15) is 0 Å². The first kappa shape index (κ1) is 10.6. The molecule has 0 bridgehead atoms. The van der Waals surface area contributed by atoms with Gasteiger partial charge in [-0.15, -0.1) is 0 Å². The minimum Gasteiger partial charge on any atom is -0.399 e. The van der Waals surface area contributed by atoms with Gasteiger partial charge in [0.05, 0.1) is 0 Å². The number of aliphatic hydroxyl groups is 1. The van der Waals surface area contributed by atoms with Gasteiger partial charge in [-0.05, 0) is 23.8 Å². The fourth-order valence-electron chi connectivity index (χ4n) is 1.61. The molecule has 3 heteroatoms. The number of nitrogens with two attached hydrogens (primary N) is 1. The van der Waals surface area contributed by atoms with Gasteiger partial charge in [-0.3, -0.25) is 0 Å². The normalized spacial score (nSPS) is 12.4. The van der Waals surface area contributed by atoms with Crippen molar-refractivity contribution in [3.8, 4) is 0 Å². The first-order valence-electron chi connectivity index (χ1n) is 4.96. The van der Waals surface area contributed by atoms with E-state index >= 15 is 0 Å². The molecule has 2 aromatic rings. The Morgan fingerprint density at radius 1 is 1.06 bits per heavy atom. The molecule has 0 saturated carbocycles. The molecule has 2 nitrogen and oxygen atoms in total. The highest BCUT2D eigenvalue weighted by Gasteiger charge is 2.14. The molecule has 2 rings (SSSR count). The lowest BCUT2D eigenvalue weighted by atomic mass is 10.0. The van der Waals surface area contributed by atoms with E-state index in [2.05, 4.69) is 0 Å². The molecule has 0 aromatic heterocycles. The standard InChI is InChI=1S/C13H12FNO/c14-12-7-2-1-6-11(12)13(16)9-4-3-5-10(15)8-9/h1-8,13,16H,15H2. The molecule has 0 aliphatic rings. The number of aliphatic hydroxyl groups excluding tert-OH is 1. The summed E-state index contributed by atoms with van der Waals surface area (Å²) in [5.41, 5.74) is 7.00. The lowest BCUT2D eigenvalue weighted by Gasteiger charge is -2.12. The van der Waals surface area contributed by atoms with E-state index in [1.165, 1.54) is 6.07 Å². The van der Waals surface area contributed by atoms with Crippen molar-refractivity contribution < 1.29 is 9.50 Å². The van der Waals surface area contributed by atoms with E-state index in [4.69, 9.17) is 5.73 Å². The average molecular weight is 217 g/mol. The summed E-state index contributed by atoms with van der Waals surface area (Å²) in [7, 11) is 0. The van der Waals surface area contributed by atoms with E-state index in [0.29, 0.717) is 11.3 Å². The molecule has 82 valence electrons. The summed E-state index contributed by atoms with van der Waals surface area (Å²) >= 11 is 0. The minimum absolute atomic E-state index is 0.258. The molecule has 0 heterocycles. The average Bonchev–Trinajstić information content (AvgIpc) is 2.29. The van der Waals surface area contributed by atoms with Crippen LogP contribution in [0.15, 0.2) is 48.5 Å². The Hall–Kier alpha value is -1.87. The molecule has 2 aromatic carbocycles. The number of anilines is 1. The third-order valence-electron chi connectivity index (χ3n) is 2.43. The predicted molar refractivity (Wildman–Crippen MR) is 61.3 cm³/mol. The fraction of sp³-hybridized carbons (Fsp3) is 0.0769. The van der Waals surface area contributed by atoms with Gasteiger partial charge in [0.25, 0.3) is 0 Å². The Labute approximate surface area is 93.2 Å². The van der Waals surface area contributed by atoms with E-state index in [1.54, 1.807) is 42.5 Å². The van der Waals surface area contributed by atoms with Crippen molar-refractivity contribution in [1.82, 2.24) is 0 Å². The summed E-state index contributed by atoms with van der Waals surface area (Å²) in [5, 5.41) is 10.0. The van der Waals surface area contributed by atoms with Crippen molar-refractivity contribution in [1.29, 1.82) is 0 Å². The Bertz CT molecular complexity index is 499. The Kier molecular flexibility index (Phi) is 2.88. The van der Waals surface area contributed by atoms with Gasteiger partial charge in [0.2, 0.25) is 0 Å². The third-order valence-corrected chi connectivity index (χ3v) is 2.43. The largest absolute Gasteiger partial charge is 0.399 e. The zero-order chi connectivity index (χ0) is 11.5. The van der Waals surface area contributed by atoms with E-state index < -0.39 is 11.9 Å². The van der Waals surface area contributed by atoms with Crippen LogP contribution in [0.25, 0.3) is 0 Å². The topological polar surface area (TPSA) is 46.2 Å². The zero-order valence-electron chi connectivity index (χ0n) is 8.60. The van der Waals surface area contributed by atoms with Gasteiger partial charge >= 0.3 is 0 Å². The summed E-state index contributed by atoms with van der Waals surface area (Å²) in [6.07, 6.45) is -0.982. The monoisotopic (exact) mass is 217 g/mol. The van der Waals surface area contributed by atoms with Gasteiger partial charge in [-0.1, -0.05) is 30.3 Å². The molecule has 0 fully saturated rings. The van der Waals surface area contributed by atoms with Crippen LogP contribution in [0.4, 0.5) is 10.1 Å². The van der Waals surface area contributed by atoms with Crippen LogP contribution in [0.5, 0.6) is 0 Å². The summed E-state index contributed by atoms with van der Waals surface area (Å²) in [4.78, 5) is 0. The smallest absolute Gasteiger partial charge is 0.129 e. The van der Waals surface area contributed by atoms with Crippen LogP contribution in [0.1, 0.15) is 17.2 Å². The van der Waals surface area contributed by atoms with Crippen LogP contribution in [0.3, 0.4) is 0 Å². The van der Waals surface area contributed by atoms with Crippen molar-refractivity contribution in [2.45, 2.75) is 6.10 Å². The molecule has 0 radical (unpaired) electrons. The van der Waals surface area contributed by atoms with Crippen LogP contribution in [-0.2, 0) is 0 Å². The van der Waals surface area contributed by atoms with E-state index in [-0.39, 0.29) is 5.56 Å². The second-order valence-electron chi connectivity index (χ2n) is 3.59. The lowest BCUT2D eigenvalue weighted by Crippen LogP contribution is -2.02. The van der Waals surface area contributed by atoms with Crippen molar-refractivity contribution >= 4 is 5.69 Å². The van der Waals surface area contributed by atoms with Crippen molar-refractivity contribution in [2.24, 2.45) is 0 Å². The second-order valence-corrected chi connectivity index (χ2v) is 3.59. The summed E-state index contributed by atoms with van der Waals surface area (Å²) < 4.78 is 13.4.